The lowest BCUT2D eigenvalue weighted by atomic mass is 9.95. The second-order valence-electron chi connectivity index (χ2n) is 10.7. The normalized spacial score (nSPS) is 16.5. The van der Waals surface area contributed by atoms with Crippen LogP contribution in [0.2, 0.25) is 0 Å². The van der Waals surface area contributed by atoms with Gasteiger partial charge in [-0.1, -0.05) is 60.4 Å². The summed E-state index contributed by atoms with van der Waals surface area (Å²) in [6.45, 7) is 8.28. The standard InChI is InChI=1S/C36H32N2O9S/c1-4-15-46-35(42)33-21(3)37-36(48-33)38-30(23-11-13-26(27(18-23)43-5-2)47-20-22-9-7-6-8-10-22)29(32(40)34(38)41)31(39)24-12-14-25-28(19-24)45-17-16-44-25/h4,6-14,18-19,30,39H,1,5,15-17,20H2,2-3H3/t30-/m1/s1. The fraction of sp³-hybridized carbons (Fsp3) is 0.222. The Morgan fingerprint density at radius 3 is 2.56 bits per heavy atom. The molecule has 1 aromatic heterocycles. The number of amides is 1. The summed E-state index contributed by atoms with van der Waals surface area (Å²) in [7, 11) is 0. The fourth-order valence-corrected chi connectivity index (χ4v) is 6.37. The first kappa shape index (κ1) is 32.3. The van der Waals surface area contributed by atoms with Crippen molar-refractivity contribution in [2.75, 3.05) is 31.3 Å². The first-order chi connectivity index (χ1) is 23.3. The number of benzene rings is 3. The smallest absolute Gasteiger partial charge is 0.350 e. The van der Waals surface area contributed by atoms with Crippen LogP contribution >= 0.6 is 11.3 Å². The van der Waals surface area contributed by atoms with Crippen molar-refractivity contribution in [3.8, 4) is 23.0 Å². The van der Waals surface area contributed by atoms with Gasteiger partial charge in [0.25, 0.3) is 5.78 Å². The van der Waals surface area contributed by atoms with Crippen LogP contribution in [0.15, 0.2) is 85.0 Å². The number of hydrogen-bond donors (Lipinski definition) is 1. The molecular weight excluding hydrogens is 636 g/mol. The van der Waals surface area contributed by atoms with Gasteiger partial charge in [0.2, 0.25) is 0 Å². The molecule has 1 amide bonds. The van der Waals surface area contributed by atoms with E-state index in [1.54, 1.807) is 43.3 Å². The van der Waals surface area contributed by atoms with E-state index in [9.17, 15) is 19.5 Å². The molecular formula is C36H32N2O9S. The van der Waals surface area contributed by atoms with Gasteiger partial charge in [0.05, 0.1) is 23.9 Å². The number of esters is 1. The van der Waals surface area contributed by atoms with Crippen molar-refractivity contribution in [2.24, 2.45) is 0 Å². The largest absolute Gasteiger partial charge is 0.507 e. The number of carbonyl (C=O) groups is 3. The Kier molecular flexibility index (Phi) is 9.44. The van der Waals surface area contributed by atoms with Crippen LogP contribution in [0, 0.1) is 6.92 Å². The summed E-state index contributed by atoms with van der Waals surface area (Å²) in [5, 5.41) is 11.8. The number of aliphatic hydroxyl groups is 1. The molecule has 0 aliphatic carbocycles. The molecule has 48 heavy (non-hydrogen) atoms. The number of ether oxygens (including phenoxy) is 5. The van der Waals surface area contributed by atoms with Crippen LogP contribution in [-0.2, 0) is 20.9 Å². The number of nitrogens with zero attached hydrogens (tertiary/aromatic N) is 2. The summed E-state index contributed by atoms with van der Waals surface area (Å²) in [5.74, 6) is -1.20. The number of Topliss-reactive ketones (excluding diaryl/α,β-unsaturated/α-hetero) is 1. The third kappa shape index (κ3) is 6.34. The first-order valence-electron chi connectivity index (χ1n) is 15.2. The van der Waals surface area contributed by atoms with E-state index in [2.05, 4.69) is 11.6 Å². The van der Waals surface area contributed by atoms with E-state index in [-0.39, 0.29) is 34.4 Å². The monoisotopic (exact) mass is 668 g/mol. The van der Waals surface area contributed by atoms with Gasteiger partial charge in [-0.05, 0) is 55.3 Å². The highest BCUT2D eigenvalue weighted by Crippen LogP contribution is 2.46. The molecule has 4 aromatic rings. The molecule has 0 spiro atoms. The maximum absolute atomic E-state index is 13.8. The van der Waals surface area contributed by atoms with Gasteiger partial charge >= 0.3 is 11.9 Å². The van der Waals surface area contributed by atoms with Gasteiger partial charge in [-0.2, -0.15) is 0 Å². The predicted molar refractivity (Wildman–Crippen MR) is 178 cm³/mol. The van der Waals surface area contributed by atoms with E-state index in [4.69, 9.17) is 23.7 Å². The highest BCUT2D eigenvalue weighted by Gasteiger charge is 2.49. The SMILES string of the molecule is C=CCOC(=O)c1sc(N2C(=O)C(=O)C(=C(O)c3ccc4c(c3)OCCO4)[C@H]2c2ccc(OCc3ccccc3)c(OCC)c2)nc1C. The van der Waals surface area contributed by atoms with Crippen molar-refractivity contribution >= 4 is 39.9 Å². The molecule has 0 saturated carbocycles. The second-order valence-corrected chi connectivity index (χ2v) is 11.7. The highest BCUT2D eigenvalue weighted by molar-refractivity contribution is 7.17. The lowest BCUT2D eigenvalue weighted by Crippen LogP contribution is -2.29. The summed E-state index contributed by atoms with van der Waals surface area (Å²) in [6, 6.07) is 18.3. The third-order valence-corrected chi connectivity index (χ3v) is 8.73. The minimum Gasteiger partial charge on any atom is -0.507 e. The second kappa shape index (κ2) is 14.0. The van der Waals surface area contributed by atoms with Gasteiger partial charge in [0.1, 0.15) is 37.1 Å². The van der Waals surface area contributed by atoms with Crippen LogP contribution in [-0.4, -0.2) is 54.2 Å². The van der Waals surface area contributed by atoms with E-state index in [1.165, 1.54) is 11.0 Å². The van der Waals surface area contributed by atoms with Crippen molar-refractivity contribution in [2.45, 2.75) is 26.5 Å². The number of anilines is 1. The van der Waals surface area contributed by atoms with Crippen molar-refractivity contribution < 1.29 is 43.2 Å². The van der Waals surface area contributed by atoms with Crippen molar-refractivity contribution in [1.82, 2.24) is 4.98 Å². The molecule has 1 fully saturated rings. The molecule has 11 nitrogen and oxygen atoms in total. The summed E-state index contributed by atoms with van der Waals surface area (Å²) >= 11 is 0.907. The van der Waals surface area contributed by atoms with Crippen LogP contribution in [0.25, 0.3) is 5.76 Å². The van der Waals surface area contributed by atoms with Gasteiger partial charge in [-0.3, -0.25) is 14.5 Å². The van der Waals surface area contributed by atoms with E-state index in [0.29, 0.717) is 54.1 Å². The topological polar surface area (TPSA) is 134 Å². The Morgan fingerprint density at radius 2 is 1.81 bits per heavy atom. The lowest BCUT2D eigenvalue weighted by Gasteiger charge is -2.24. The van der Waals surface area contributed by atoms with Crippen LogP contribution in [0.3, 0.4) is 0 Å². The summed E-state index contributed by atoms with van der Waals surface area (Å²) in [6.07, 6.45) is 1.44. The van der Waals surface area contributed by atoms with Gasteiger partial charge in [0, 0.05) is 5.56 Å². The molecule has 0 unspecified atom stereocenters. The van der Waals surface area contributed by atoms with Gasteiger partial charge < -0.3 is 28.8 Å². The van der Waals surface area contributed by atoms with Crippen molar-refractivity contribution in [3.05, 3.63) is 112 Å². The number of aliphatic hydroxyl groups excluding tert-OH is 1. The van der Waals surface area contributed by atoms with Crippen LogP contribution in [0.4, 0.5) is 5.13 Å². The number of aromatic nitrogens is 1. The molecule has 0 bridgehead atoms. The zero-order valence-corrected chi connectivity index (χ0v) is 27.1. The molecule has 1 atom stereocenters. The van der Waals surface area contributed by atoms with Gasteiger partial charge in [0.15, 0.2) is 28.1 Å². The Hall–Kier alpha value is -5.62. The van der Waals surface area contributed by atoms with Crippen molar-refractivity contribution in [3.63, 3.8) is 0 Å². The number of fused-ring (bicyclic) bond motifs is 1. The average Bonchev–Trinajstić information content (AvgIpc) is 3.62. The van der Waals surface area contributed by atoms with E-state index < -0.39 is 29.5 Å². The van der Waals surface area contributed by atoms with E-state index >= 15 is 0 Å². The van der Waals surface area contributed by atoms with Crippen molar-refractivity contribution in [1.29, 1.82) is 0 Å². The number of carbonyl (C=O) groups excluding carboxylic acids is 3. The molecule has 12 heteroatoms. The number of aryl methyl sites for hydroxylation is 1. The minimum absolute atomic E-state index is 0.00947. The maximum Gasteiger partial charge on any atom is 0.350 e. The number of hydrogen-bond acceptors (Lipinski definition) is 11. The minimum atomic E-state index is -1.15. The Labute approximate surface area is 280 Å². The van der Waals surface area contributed by atoms with Gasteiger partial charge in [-0.25, -0.2) is 9.78 Å². The average molecular weight is 669 g/mol. The molecule has 1 N–H and O–H groups in total. The van der Waals surface area contributed by atoms with Crippen LogP contribution in [0.5, 0.6) is 23.0 Å². The molecule has 2 aliphatic rings. The zero-order valence-electron chi connectivity index (χ0n) is 26.3. The lowest BCUT2D eigenvalue weighted by molar-refractivity contribution is -0.132. The Morgan fingerprint density at radius 1 is 1.04 bits per heavy atom. The summed E-state index contributed by atoms with van der Waals surface area (Å²) < 4.78 is 28.6. The van der Waals surface area contributed by atoms with Crippen LogP contribution in [0.1, 0.15) is 45.0 Å². The predicted octanol–water partition coefficient (Wildman–Crippen LogP) is 6.17. The molecule has 3 heterocycles. The Bertz CT molecular complexity index is 1920. The molecule has 0 radical (unpaired) electrons. The quantitative estimate of drug-likeness (QED) is 0.0650. The zero-order chi connectivity index (χ0) is 33.8. The van der Waals surface area contributed by atoms with Gasteiger partial charge in [-0.15, -0.1) is 0 Å². The van der Waals surface area contributed by atoms with E-state index in [0.717, 1.165) is 16.9 Å². The fourth-order valence-electron chi connectivity index (χ4n) is 5.38. The molecule has 3 aromatic carbocycles. The highest BCUT2D eigenvalue weighted by atomic mass is 32.1. The maximum atomic E-state index is 13.8. The summed E-state index contributed by atoms with van der Waals surface area (Å²) in [4.78, 5) is 46.3. The Balaban J connectivity index is 1.47. The number of thiazole rings is 1. The van der Waals surface area contributed by atoms with Crippen LogP contribution < -0.4 is 23.8 Å². The summed E-state index contributed by atoms with van der Waals surface area (Å²) in [5.41, 5.74) is 1.78. The number of ketones is 1. The molecule has 2 aliphatic heterocycles. The molecule has 1 saturated heterocycles. The van der Waals surface area contributed by atoms with E-state index in [1.807, 2.05) is 37.3 Å². The molecule has 6 rings (SSSR count). The molecule has 246 valence electrons. The third-order valence-electron chi connectivity index (χ3n) is 7.59. The number of rotatable bonds is 11. The first-order valence-corrected chi connectivity index (χ1v) is 16.0.